The first-order chi connectivity index (χ1) is 13.6. The van der Waals surface area contributed by atoms with Gasteiger partial charge in [0, 0.05) is 30.7 Å². The SMILES string of the molecule is CC1c2nc(CC(=O)NCCc3cccs3)cn2CCN1C.O=C(O)C(F)(F)F. The fraction of sp³-hybridized carbons (Fsp3) is 0.500. The molecule has 11 heteroatoms. The van der Waals surface area contributed by atoms with Crippen LogP contribution in [0.1, 0.15) is 29.4 Å². The van der Waals surface area contributed by atoms with E-state index in [2.05, 4.69) is 45.2 Å². The van der Waals surface area contributed by atoms with E-state index in [1.807, 2.05) is 12.3 Å². The molecule has 160 valence electrons. The number of aromatic nitrogens is 2. The van der Waals surface area contributed by atoms with Crippen LogP contribution in [0.2, 0.25) is 0 Å². The summed E-state index contributed by atoms with van der Waals surface area (Å²) in [6, 6.07) is 4.44. The van der Waals surface area contributed by atoms with Crippen LogP contribution in [0.5, 0.6) is 0 Å². The number of carbonyl (C=O) groups is 2. The second-order valence-corrected chi connectivity index (χ2v) is 7.63. The third-order valence-electron chi connectivity index (χ3n) is 4.44. The quantitative estimate of drug-likeness (QED) is 0.758. The monoisotopic (exact) mass is 432 g/mol. The second kappa shape index (κ2) is 9.88. The maximum absolute atomic E-state index is 12.0. The molecule has 0 bridgehead atoms. The second-order valence-electron chi connectivity index (χ2n) is 6.60. The number of imidazole rings is 1. The number of rotatable bonds is 5. The number of hydrogen-bond donors (Lipinski definition) is 2. The number of nitrogens with zero attached hydrogens (tertiary/aromatic N) is 3. The van der Waals surface area contributed by atoms with Crippen molar-refractivity contribution in [1.82, 2.24) is 19.8 Å². The van der Waals surface area contributed by atoms with E-state index in [9.17, 15) is 18.0 Å². The lowest BCUT2D eigenvalue weighted by Crippen LogP contribution is -2.33. The number of carboxylic acid groups (broad SMARTS) is 1. The normalized spacial score (nSPS) is 16.5. The van der Waals surface area contributed by atoms with Crippen LogP contribution in [-0.4, -0.2) is 57.7 Å². The van der Waals surface area contributed by atoms with E-state index in [-0.39, 0.29) is 5.91 Å². The minimum atomic E-state index is -5.08. The van der Waals surface area contributed by atoms with Crippen molar-refractivity contribution in [3.05, 3.63) is 40.1 Å². The number of alkyl halides is 3. The molecule has 1 aliphatic heterocycles. The lowest BCUT2D eigenvalue weighted by Gasteiger charge is -2.30. The Morgan fingerprint density at radius 3 is 2.66 bits per heavy atom. The Balaban J connectivity index is 0.000000370. The molecule has 2 aromatic heterocycles. The van der Waals surface area contributed by atoms with E-state index in [1.54, 1.807) is 11.3 Å². The molecule has 2 aromatic rings. The van der Waals surface area contributed by atoms with Gasteiger partial charge in [0.15, 0.2) is 0 Å². The zero-order valence-corrected chi connectivity index (χ0v) is 16.9. The van der Waals surface area contributed by atoms with E-state index in [0.29, 0.717) is 19.0 Å². The van der Waals surface area contributed by atoms with Crippen LogP contribution < -0.4 is 5.32 Å². The van der Waals surface area contributed by atoms with Crippen molar-refractivity contribution in [2.45, 2.75) is 38.5 Å². The molecule has 1 unspecified atom stereocenters. The van der Waals surface area contributed by atoms with Gasteiger partial charge in [-0.2, -0.15) is 13.2 Å². The van der Waals surface area contributed by atoms with Gasteiger partial charge in [-0.1, -0.05) is 6.07 Å². The number of likely N-dealkylation sites (N-methyl/N-ethyl adjacent to an activating group) is 1. The van der Waals surface area contributed by atoms with Crippen LogP contribution >= 0.6 is 11.3 Å². The fourth-order valence-electron chi connectivity index (χ4n) is 2.75. The lowest BCUT2D eigenvalue weighted by molar-refractivity contribution is -0.192. The number of fused-ring (bicyclic) bond motifs is 1. The number of amides is 1. The highest BCUT2D eigenvalue weighted by Gasteiger charge is 2.38. The Morgan fingerprint density at radius 1 is 1.38 bits per heavy atom. The minimum absolute atomic E-state index is 0.0491. The summed E-state index contributed by atoms with van der Waals surface area (Å²) in [5, 5.41) is 12.2. The summed E-state index contributed by atoms with van der Waals surface area (Å²) >= 11 is 1.73. The molecule has 0 saturated carbocycles. The van der Waals surface area contributed by atoms with Crippen LogP contribution in [0.4, 0.5) is 13.2 Å². The Kier molecular flexibility index (Phi) is 7.80. The van der Waals surface area contributed by atoms with E-state index >= 15 is 0 Å². The van der Waals surface area contributed by atoms with Gasteiger partial charge in [-0.15, -0.1) is 11.3 Å². The molecular formula is C18H23F3N4O3S. The van der Waals surface area contributed by atoms with E-state index in [0.717, 1.165) is 31.0 Å². The average Bonchev–Trinajstić information content (AvgIpc) is 3.28. The lowest BCUT2D eigenvalue weighted by atomic mass is 10.2. The molecule has 1 atom stereocenters. The van der Waals surface area contributed by atoms with Gasteiger partial charge in [0.2, 0.25) is 5.91 Å². The van der Waals surface area contributed by atoms with Crippen molar-refractivity contribution < 1.29 is 27.9 Å². The molecule has 3 heterocycles. The van der Waals surface area contributed by atoms with Gasteiger partial charge < -0.3 is 15.0 Å². The summed E-state index contributed by atoms with van der Waals surface area (Å²) in [4.78, 5) is 29.2. The minimum Gasteiger partial charge on any atom is -0.475 e. The van der Waals surface area contributed by atoms with Gasteiger partial charge in [-0.05, 0) is 31.8 Å². The Bertz CT molecular complexity index is 821. The summed E-state index contributed by atoms with van der Waals surface area (Å²) in [6.07, 6.45) is -1.80. The predicted octanol–water partition coefficient (Wildman–Crippen LogP) is 2.49. The Labute approximate surface area is 170 Å². The number of carbonyl (C=O) groups excluding carboxylic acids is 1. The number of thiophene rings is 1. The van der Waals surface area contributed by atoms with E-state index in [1.165, 1.54) is 4.88 Å². The molecule has 0 radical (unpaired) electrons. The first-order valence-corrected chi connectivity index (χ1v) is 9.81. The molecule has 1 aliphatic rings. The van der Waals surface area contributed by atoms with Crippen LogP contribution in [0.15, 0.2) is 23.7 Å². The fourth-order valence-corrected chi connectivity index (χ4v) is 3.46. The van der Waals surface area contributed by atoms with Crippen LogP contribution in [0, 0.1) is 0 Å². The van der Waals surface area contributed by atoms with Crippen molar-refractivity contribution in [3.63, 3.8) is 0 Å². The smallest absolute Gasteiger partial charge is 0.475 e. The third kappa shape index (κ3) is 6.86. The molecular weight excluding hydrogens is 409 g/mol. The summed E-state index contributed by atoms with van der Waals surface area (Å²) in [7, 11) is 2.11. The molecule has 2 N–H and O–H groups in total. The van der Waals surface area contributed by atoms with Gasteiger partial charge in [0.05, 0.1) is 18.2 Å². The summed E-state index contributed by atoms with van der Waals surface area (Å²) in [5.74, 6) is -1.64. The zero-order valence-electron chi connectivity index (χ0n) is 16.1. The maximum Gasteiger partial charge on any atom is 0.490 e. The van der Waals surface area contributed by atoms with Gasteiger partial charge in [-0.3, -0.25) is 9.69 Å². The topological polar surface area (TPSA) is 87.5 Å². The van der Waals surface area contributed by atoms with Crippen LogP contribution in [-0.2, 0) is 29.0 Å². The molecule has 0 aliphatic carbocycles. The van der Waals surface area contributed by atoms with Gasteiger partial charge >= 0.3 is 12.1 Å². The molecule has 0 aromatic carbocycles. The summed E-state index contributed by atoms with van der Waals surface area (Å²) in [5.41, 5.74) is 0.866. The molecule has 0 spiro atoms. The molecule has 0 saturated heterocycles. The Morgan fingerprint density at radius 2 is 2.07 bits per heavy atom. The standard InChI is InChI=1S/C16H22N4OS.C2HF3O2/c1-12-16-18-13(11-20(16)8-7-19(12)2)10-15(21)17-6-5-14-4-3-9-22-14;3-2(4,5)1(6)7/h3-4,9,11-12H,5-8,10H2,1-2H3,(H,17,21);(H,6,7). The van der Waals surface area contributed by atoms with Crippen molar-refractivity contribution in [3.8, 4) is 0 Å². The molecule has 7 nitrogen and oxygen atoms in total. The van der Waals surface area contributed by atoms with E-state index < -0.39 is 12.1 Å². The first kappa shape index (κ1) is 22.9. The number of hydrogen-bond acceptors (Lipinski definition) is 5. The van der Waals surface area contributed by atoms with Crippen molar-refractivity contribution in [2.24, 2.45) is 0 Å². The number of aliphatic carboxylic acids is 1. The van der Waals surface area contributed by atoms with Gasteiger partial charge in [0.1, 0.15) is 5.82 Å². The van der Waals surface area contributed by atoms with Crippen LogP contribution in [0.25, 0.3) is 0 Å². The zero-order chi connectivity index (χ0) is 21.6. The average molecular weight is 432 g/mol. The van der Waals surface area contributed by atoms with Gasteiger partial charge in [-0.25, -0.2) is 9.78 Å². The molecule has 3 rings (SSSR count). The van der Waals surface area contributed by atoms with E-state index in [4.69, 9.17) is 9.90 Å². The number of halogens is 3. The highest BCUT2D eigenvalue weighted by molar-refractivity contribution is 7.09. The molecule has 0 fully saturated rings. The molecule has 29 heavy (non-hydrogen) atoms. The number of carboxylic acids is 1. The predicted molar refractivity (Wildman–Crippen MR) is 102 cm³/mol. The van der Waals surface area contributed by atoms with Crippen LogP contribution in [0.3, 0.4) is 0 Å². The third-order valence-corrected chi connectivity index (χ3v) is 5.38. The maximum atomic E-state index is 12.0. The highest BCUT2D eigenvalue weighted by Crippen LogP contribution is 2.22. The molecule has 1 amide bonds. The first-order valence-electron chi connectivity index (χ1n) is 8.93. The number of nitrogens with one attached hydrogen (secondary N) is 1. The van der Waals surface area contributed by atoms with Gasteiger partial charge in [0.25, 0.3) is 0 Å². The van der Waals surface area contributed by atoms with Crippen molar-refractivity contribution >= 4 is 23.2 Å². The van der Waals surface area contributed by atoms with Crippen molar-refractivity contribution in [2.75, 3.05) is 20.1 Å². The van der Waals surface area contributed by atoms with Crippen molar-refractivity contribution in [1.29, 1.82) is 0 Å². The summed E-state index contributed by atoms with van der Waals surface area (Å²) in [6.45, 7) is 4.81. The summed E-state index contributed by atoms with van der Waals surface area (Å²) < 4.78 is 33.9. The Hall–Kier alpha value is -2.40. The highest BCUT2D eigenvalue weighted by atomic mass is 32.1. The largest absolute Gasteiger partial charge is 0.490 e.